The molecule has 7 unspecified atom stereocenters. The Hall–Kier alpha value is -4.05. The zero-order chi connectivity index (χ0) is 40.2. The van der Waals surface area contributed by atoms with E-state index < -0.39 is 11.4 Å². The first-order valence-electron chi connectivity index (χ1n) is 20.9. The Balaban J connectivity index is 0.000000169. The van der Waals surface area contributed by atoms with E-state index in [9.17, 15) is 19.5 Å². The van der Waals surface area contributed by atoms with Gasteiger partial charge in [0.05, 0.1) is 18.4 Å². The minimum atomic E-state index is -0.941. The van der Waals surface area contributed by atoms with Crippen molar-refractivity contribution in [2.75, 3.05) is 20.7 Å². The van der Waals surface area contributed by atoms with E-state index in [0.717, 1.165) is 48.8 Å². The van der Waals surface area contributed by atoms with Crippen LogP contribution in [-0.2, 0) is 29.3 Å². The maximum atomic E-state index is 12.9. The molecule has 304 valence electrons. The summed E-state index contributed by atoms with van der Waals surface area (Å²) in [5, 5.41) is 18.8. The standard InChI is InChI=1S/C19H27NO3.C18H25NO2.C10H12O2/c1-3-19(13-21,14-7-5-4-6-8-14)18(22)23-17-11-15-9-10-16(12-17)20(15)2;1-3-17(13-7-5-4-6-8-13)18(20)21-16-11-14-9-10-15(12-16)19(14)2;1-2-9(10(11)12)8-6-4-3-5-7-8/h4-8,15-17,21H,3,9-13H2,1-2H3;4-8,14-17H,3,9-12H2,1-2H3;3-7,9H,2H2,1H3,(H,11,12). The number of aliphatic hydroxyl groups is 1. The largest absolute Gasteiger partial charge is 0.481 e. The summed E-state index contributed by atoms with van der Waals surface area (Å²) in [6.45, 7) is 5.65. The van der Waals surface area contributed by atoms with Crippen molar-refractivity contribution in [2.45, 2.75) is 145 Å². The summed E-state index contributed by atoms with van der Waals surface area (Å²) >= 11 is 0. The Bertz CT molecular complexity index is 1640. The lowest BCUT2D eigenvalue weighted by atomic mass is 9.78. The highest BCUT2D eigenvalue weighted by Gasteiger charge is 2.45. The van der Waals surface area contributed by atoms with Gasteiger partial charge in [-0.1, -0.05) is 112 Å². The van der Waals surface area contributed by atoms with Crippen LogP contribution in [0.4, 0.5) is 0 Å². The third-order valence-electron chi connectivity index (χ3n) is 13.1. The molecule has 4 bridgehead atoms. The molecular formula is C47H64N2O7. The van der Waals surface area contributed by atoms with Crippen LogP contribution < -0.4 is 0 Å². The van der Waals surface area contributed by atoms with E-state index in [1.54, 1.807) is 0 Å². The Morgan fingerprint density at radius 2 is 1.04 bits per heavy atom. The second-order valence-electron chi connectivity index (χ2n) is 16.2. The highest BCUT2D eigenvalue weighted by atomic mass is 16.5. The van der Waals surface area contributed by atoms with Crippen LogP contribution in [0, 0.1) is 0 Å². The van der Waals surface area contributed by atoms with Crippen molar-refractivity contribution >= 4 is 17.9 Å². The van der Waals surface area contributed by atoms with Crippen LogP contribution in [0.5, 0.6) is 0 Å². The molecule has 0 saturated carbocycles. The van der Waals surface area contributed by atoms with Gasteiger partial charge in [-0.2, -0.15) is 0 Å². The van der Waals surface area contributed by atoms with Gasteiger partial charge in [-0.3, -0.25) is 14.4 Å². The Morgan fingerprint density at radius 3 is 1.41 bits per heavy atom. The number of fused-ring (bicyclic) bond motifs is 4. The summed E-state index contributed by atoms with van der Waals surface area (Å²) in [6, 6.07) is 31.1. The maximum absolute atomic E-state index is 12.9. The average Bonchev–Trinajstić information content (AvgIpc) is 3.52. The lowest BCUT2D eigenvalue weighted by Gasteiger charge is -2.38. The number of carboxylic acid groups (broad SMARTS) is 1. The highest BCUT2D eigenvalue weighted by molar-refractivity contribution is 5.83. The van der Waals surface area contributed by atoms with Crippen LogP contribution in [0.15, 0.2) is 91.0 Å². The van der Waals surface area contributed by atoms with Crippen molar-refractivity contribution in [3.8, 4) is 0 Å². The smallest absolute Gasteiger partial charge is 0.319 e. The van der Waals surface area contributed by atoms with Gasteiger partial charge in [0.25, 0.3) is 0 Å². The zero-order valence-electron chi connectivity index (χ0n) is 34.1. The monoisotopic (exact) mass is 768 g/mol. The number of hydrogen-bond acceptors (Lipinski definition) is 8. The van der Waals surface area contributed by atoms with Gasteiger partial charge in [0.1, 0.15) is 17.6 Å². The van der Waals surface area contributed by atoms with E-state index in [2.05, 4.69) is 30.8 Å². The van der Waals surface area contributed by atoms with Gasteiger partial charge in [0.15, 0.2) is 0 Å². The van der Waals surface area contributed by atoms with Crippen LogP contribution in [-0.4, -0.2) is 95.0 Å². The Kier molecular flexibility index (Phi) is 15.7. The minimum Gasteiger partial charge on any atom is -0.481 e. The van der Waals surface area contributed by atoms with Crippen molar-refractivity contribution in [2.24, 2.45) is 0 Å². The van der Waals surface area contributed by atoms with E-state index in [4.69, 9.17) is 14.6 Å². The SMILES string of the molecule is CCC(C(=O)O)c1ccccc1.CCC(C(=O)OC1CC2CCC(C1)N2C)c1ccccc1.CCC(CO)(C(=O)OC1CC2CCC(C1)N2C)c1ccccc1. The number of rotatable bonds is 12. The third kappa shape index (κ3) is 10.3. The predicted octanol–water partition coefficient (Wildman–Crippen LogP) is 8.11. The number of carbonyl (C=O) groups is 3. The van der Waals surface area contributed by atoms with E-state index in [1.807, 2.05) is 105 Å². The number of esters is 2. The van der Waals surface area contributed by atoms with Crippen molar-refractivity contribution in [1.29, 1.82) is 0 Å². The molecule has 2 N–H and O–H groups in total. The lowest BCUT2D eigenvalue weighted by molar-refractivity contribution is -0.161. The fourth-order valence-corrected chi connectivity index (χ4v) is 9.38. The summed E-state index contributed by atoms with van der Waals surface area (Å²) in [7, 11) is 4.38. The summed E-state index contributed by atoms with van der Waals surface area (Å²) in [5.74, 6) is -1.54. The van der Waals surface area contributed by atoms with E-state index in [0.29, 0.717) is 37.0 Å². The quantitative estimate of drug-likeness (QED) is 0.176. The normalized spacial score (nSPS) is 26.2. The molecule has 4 saturated heterocycles. The Labute approximate surface area is 334 Å². The maximum Gasteiger partial charge on any atom is 0.319 e. The fraction of sp³-hybridized carbons (Fsp3) is 0.553. The number of aliphatic hydroxyl groups excluding tert-OH is 1. The second kappa shape index (κ2) is 20.4. The molecule has 9 nitrogen and oxygen atoms in total. The molecule has 56 heavy (non-hydrogen) atoms. The Morgan fingerprint density at radius 1 is 0.643 bits per heavy atom. The molecule has 9 heteroatoms. The molecule has 0 aromatic heterocycles. The number of benzene rings is 3. The van der Waals surface area contributed by atoms with Crippen LogP contribution >= 0.6 is 0 Å². The molecule has 0 radical (unpaired) electrons. The summed E-state index contributed by atoms with van der Waals surface area (Å²) in [6.07, 6.45) is 10.8. The number of nitrogens with zero attached hydrogens (tertiary/aromatic N) is 2. The van der Waals surface area contributed by atoms with Gasteiger partial charge in [-0.05, 0) is 101 Å². The molecule has 7 rings (SSSR count). The van der Waals surface area contributed by atoms with Gasteiger partial charge in [-0.25, -0.2) is 0 Å². The number of ether oxygens (including phenoxy) is 2. The van der Waals surface area contributed by atoms with Crippen LogP contribution in [0.3, 0.4) is 0 Å². The fourth-order valence-electron chi connectivity index (χ4n) is 9.38. The van der Waals surface area contributed by atoms with Gasteiger partial charge >= 0.3 is 17.9 Å². The van der Waals surface area contributed by atoms with Crippen molar-refractivity contribution in [3.63, 3.8) is 0 Å². The molecule has 0 aliphatic carbocycles. The van der Waals surface area contributed by atoms with E-state index in [1.165, 1.54) is 25.7 Å². The van der Waals surface area contributed by atoms with Crippen LogP contribution in [0.2, 0.25) is 0 Å². The van der Waals surface area contributed by atoms with Gasteiger partial charge < -0.3 is 29.5 Å². The number of hydrogen-bond donors (Lipinski definition) is 2. The van der Waals surface area contributed by atoms with Crippen molar-refractivity contribution in [3.05, 3.63) is 108 Å². The number of carboxylic acids is 1. The van der Waals surface area contributed by atoms with Crippen LogP contribution in [0.1, 0.15) is 120 Å². The summed E-state index contributed by atoms with van der Waals surface area (Å²) in [5.41, 5.74) is 1.85. The lowest BCUT2D eigenvalue weighted by Crippen LogP contribution is -2.47. The van der Waals surface area contributed by atoms with E-state index >= 15 is 0 Å². The molecule has 0 spiro atoms. The molecule has 4 fully saturated rings. The van der Waals surface area contributed by atoms with Gasteiger partial charge in [0.2, 0.25) is 0 Å². The summed E-state index contributed by atoms with van der Waals surface area (Å²) < 4.78 is 11.8. The van der Waals surface area contributed by atoms with Crippen molar-refractivity contribution < 1.29 is 34.1 Å². The molecule has 7 atom stereocenters. The number of carbonyl (C=O) groups excluding carboxylic acids is 2. The minimum absolute atomic E-state index is 0.0163. The average molecular weight is 769 g/mol. The van der Waals surface area contributed by atoms with Crippen LogP contribution in [0.25, 0.3) is 0 Å². The number of aliphatic carboxylic acids is 1. The first kappa shape index (κ1) is 43.1. The third-order valence-corrected chi connectivity index (χ3v) is 13.1. The molecule has 3 aromatic carbocycles. The van der Waals surface area contributed by atoms with E-state index in [-0.39, 0.29) is 42.6 Å². The predicted molar refractivity (Wildman–Crippen MR) is 219 cm³/mol. The van der Waals surface area contributed by atoms with Gasteiger partial charge in [0, 0.05) is 24.2 Å². The topological polar surface area (TPSA) is 117 Å². The second-order valence-corrected chi connectivity index (χ2v) is 16.2. The summed E-state index contributed by atoms with van der Waals surface area (Å²) in [4.78, 5) is 41.1. The zero-order valence-corrected chi connectivity index (χ0v) is 34.1. The number of piperidine rings is 2. The van der Waals surface area contributed by atoms with Gasteiger partial charge in [-0.15, -0.1) is 0 Å². The first-order valence-corrected chi connectivity index (χ1v) is 20.9. The molecule has 4 heterocycles. The highest BCUT2D eigenvalue weighted by Crippen LogP contribution is 2.38. The molecule has 0 amide bonds. The molecule has 4 aliphatic heterocycles. The molecule has 3 aromatic rings. The van der Waals surface area contributed by atoms with Crippen molar-refractivity contribution in [1.82, 2.24) is 9.80 Å². The first-order chi connectivity index (χ1) is 27.0. The molecule has 4 aliphatic rings. The molecular weight excluding hydrogens is 705 g/mol.